The average molecular weight is 268 g/mol. The van der Waals surface area contributed by atoms with Gasteiger partial charge in [-0.15, -0.1) is 5.10 Å². The molecule has 7 heteroatoms. The molecule has 0 saturated heterocycles. The van der Waals surface area contributed by atoms with Gasteiger partial charge in [-0.3, -0.25) is 14.7 Å². The molecule has 7 nitrogen and oxygen atoms in total. The number of carbonyl (C=O) groups excluding carboxylic acids is 1. The molecular formula is C12H20N4O3. The van der Waals surface area contributed by atoms with Crippen LogP contribution in [0.5, 0.6) is 0 Å². The number of aromatic amines is 1. The quantitative estimate of drug-likeness (QED) is 0.683. The van der Waals surface area contributed by atoms with Gasteiger partial charge in [-0.25, -0.2) is 4.98 Å². The molecule has 19 heavy (non-hydrogen) atoms. The van der Waals surface area contributed by atoms with Gasteiger partial charge in [0.1, 0.15) is 5.82 Å². The molecule has 0 spiro atoms. The molecule has 0 saturated carbocycles. The van der Waals surface area contributed by atoms with Crippen molar-refractivity contribution in [1.29, 1.82) is 0 Å². The number of nitrogens with one attached hydrogen (secondary N) is 2. The fourth-order valence-electron chi connectivity index (χ4n) is 1.45. The summed E-state index contributed by atoms with van der Waals surface area (Å²) in [5.74, 6) is -0.687. The van der Waals surface area contributed by atoms with Crippen LogP contribution in [-0.2, 0) is 11.2 Å². The highest BCUT2D eigenvalue weighted by atomic mass is 16.4. The molecule has 1 aromatic heterocycles. The van der Waals surface area contributed by atoms with Crippen LogP contribution in [-0.4, -0.2) is 38.7 Å². The van der Waals surface area contributed by atoms with E-state index < -0.39 is 17.3 Å². The number of aryl methyl sites for hydroxylation is 1. The SMILES string of the molecule is CCCc1nc(C(=O)NCC(C)(CC)C(=O)O)n[nH]1. The molecule has 1 atom stereocenters. The van der Waals surface area contributed by atoms with Crippen molar-refractivity contribution in [2.45, 2.75) is 40.0 Å². The van der Waals surface area contributed by atoms with Gasteiger partial charge in [0, 0.05) is 13.0 Å². The van der Waals surface area contributed by atoms with Crippen LogP contribution in [0, 0.1) is 5.41 Å². The molecule has 1 aromatic rings. The van der Waals surface area contributed by atoms with Crippen LogP contribution in [0.2, 0.25) is 0 Å². The van der Waals surface area contributed by atoms with E-state index in [0.717, 1.165) is 12.8 Å². The molecule has 1 unspecified atom stereocenters. The van der Waals surface area contributed by atoms with Crippen LogP contribution >= 0.6 is 0 Å². The van der Waals surface area contributed by atoms with Crippen molar-refractivity contribution in [3.63, 3.8) is 0 Å². The van der Waals surface area contributed by atoms with Gasteiger partial charge in [-0.2, -0.15) is 0 Å². The van der Waals surface area contributed by atoms with E-state index in [4.69, 9.17) is 5.11 Å². The third-order valence-corrected chi connectivity index (χ3v) is 3.16. The third kappa shape index (κ3) is 3.77. The van der Waals surface area contributed by atoms with Crippen molar-refractivity contribution in [1.82, 2.24) is 20.5 Å². The molecule has 0 bridgehead atoms. The van der Waals surface area contributed by atoms with Crippen molar-refractivity contribution in [3.05, 3.63) is 11.6 Å². The number of amides is 1. The first-order valence-corrected chi connectivity index (χ1v) is 6.35. The first kappa shape index (κ1) is 15.1. The Morgan fingerprint density at radius 2 is 2.11 bits per heavy atom. The van der Waals surface area contributed by atoms with Gasteiger partial charge in [0.15, 0.2) is 0 Å². The molecule has 0 fully saturated rings. The lowest BCUT2D eigenvalue weighted by Crippen LogP contribution is -2.40. The third-order valence-electron chi connectivity index (χ3n) is 3.16. The van der Waals surface area contributed by atoms with Crippen molar-refractivity contribution < 1.29 is 14.7 Å². The van der Waals surface area contributed by atoms with Crippen LogP contribution in [0.25, 0.3) is 0 Å². The molecule has 0 aliphatic rings. The minimum absolute atomic E-state index is 0.0484. The number of H-pyrrole nitrogens is 1. The van der Waals surface area contributed by atoms with Gasteiger partial charge in [0.05, 0.1) is 5.41 Å². The van der Waals surface area contributed by atoms with E-state index in [9.17, 15) is 9.59 Å². The number of aromatic nitrogens is 3. The minimum atomic E-state index is -0.974. The minimum Gasteiger partial charge on any atom is -0.481 e. The second-order valence-corrected chi connectivity index (χ2v) is 4.76. The van der Waals surface area contributed by atoms with Crippen LogP contribution in [0.3, 0.4) is 0 Å². The highest BCUT2D eigenvalue weighted by Gasteiger charge is 2.31. The van der Waals surface area contributed by atoms with Crippen molar-refractivity contribution in [3.8, 4) is 0 Å². The van der Waals surface area contributed by atoms with Gasteiger partial charge in [-0.1, -0.05) is 13.8 Å². The Labute approximate surface area is 111 Å². The van der Waals surface area contributed by atoms with E-state index in [2.05, 4.69) is 20.5 Å². The highest BCUT2D eigenvalue weighted by Crippen LogP contribution is 2.19. The second kappa shape index (κ2) is 6.31. The number of hydrogen-bond acceptors (Lipinski definition) is 4. The first-order valence-electron chi connectivity index (χ1n) is 6.35. The smallest absolute Gasteiger partial charge is 0.311 e. The molecule has 0 aromatic carbocycles. The van der Waals surface area contributed by atoms with Crippen LogP contribution in [0.1, 0.15) is 50.1 Å². The Balaban J connectivity index is 2.61. The van der Waals surface area contributed by atoms with E-state index in [0.29, 0.717) is 12.2 Å². The zero-order chi connectivity index (χ0) is 14.5. The van der Waals surface area contributed by atoms with E-state index in [-0.39, 0.29) is 12.4 Å². The number of rotatable bonds is 7. The van der Waals surface area contributed by atoms with E-state index in [1.54, 1.807) is 13.8 Å². The van der Waals surface area contributed by atoms with Crippen LogP contribution < -0.4 is 5.32 Å². The predicted molar refractivity (Wildman–Crippen MR) is 68.7 cm³/mol. The van der Waals surface area contributed by atoms with E-state index in [1.165, 1.54) is 0 Å². The van der Waals surface area contributed by atoms with Gasteiger partial charge in [-0.05, 0) is 19.8 Å². The number of hydrogen-bond donors (Lipinski definition) is 3. The van der Waals surface area contributed by atoms with Crippen molar-refractivity contribution in [2.24, 2.45) is 5.41 Å². The second-order valence-electron chi connectivity index (χ2n) is 4.76. The summed E-state index contributed by atoms with van der Waals surface area (Å²) < 4.78 is 0. The maximum absolute atomic E-state index is 11.8. The van der Waals surface area contributed by atoms with E-state index >= 15 is 0 Å². The number of aliphatic carboxylic acids is 1. The first-order chi connectivity index (χ1) is 8.92. The number of nitrogens with zero attached hydrogens (tertiary/aromatic N) is 2. The summed E-state index contributed by atoms with van der Waals surface area (Å²) in [6.45, 7) is 5.42. The molecule has 106 valence electrons. The van der Waals surface area contributed by atoms with Gasteiger partial charge < -0.3 is 10.4 Å². The zero-order valence-electron chi connectivity index (χ0n) is 11.5. The normalized spacial score (nSPS) is 13.8. The number of carbonyl (C=O) groups is 2. The largest absolute Gasteiger partial charge is 0.481 e. The Bertz CT molecular complexity index is 458. The Morgan fingerprint density at radius 1 is 1.42 bits per heavy atom. The summed E-state index contributed by atoms with van der Waals surface area (Å²) in [4.78, 5) is 26.9. The Morgan fingerprint density at radius 3 is 2.63 bits per heavy atom. The maximum Gasteiger partial charge on any atom is 0.311 e. The fraction of sp³-hybridized carbons (Fsp3) is 0.667. The van der Waals surface area contributed by atoms with Crippen LogP contribution in [0.4, 0.5) is 0 Å². The summed E-state index contributed by atoms with van der Waals surface area (Å²) in [6, 6.07) is 0. The van der Waals surface area contributed by atoms with Gasteiger partial charge in [0.2, 0.25) is 5.82 Å². The van der Waals surface area contributed by atoms with Crippen LogP contribution in [0.15, 0.2) is 0 Å². The van der Waals surface area contributed by atoms with E-state index in [1.807, 2.05) is 6.92 Å². The summed E-state index contributed by atoms with van der Waals surface area (Å²) in [6.07, 6.45) is 2.06. The van der Waals surface area contributed by atoms with Gasteiger partial charge >= 0.3 is 5.97 Å². The molecule has 1 amide bonds. The Hall–Kier alpha value is -1.92. The lowest BCUT2D eigenvalue weighted by Gasteiger charge is -2.22. The predicted octanol–water partition coefficient (Wildman–Crippen LogP) is 0.988. The monoisotopic (exact) mass is 268 g/mol. The lowest BCUT2D eigenvalue weighted by molar-refractivity contribution is -0.147. The highest BCUT2D eigenvalue weighted by molar-refractivity contribution is 5.90. The number of carboxylic acid groups (broad SMARTS) is 1. The summed E-state index contributed by atoms with van der Waals surface area (Å²) >= 11 is 0. The molecule has 0 radical (unpaired) electrons. The maximum atomic E-state index is 11.8. The molecule has 1 heterocycles. The van der Waals surface area contributed by atoms with Crippen molar-refractivity contribution >= 4 is 11.9 Å². The fourth-order valence-corrected chi connectivity index (χ4v) is 1.45. The molecule has 3 N–H and O–H groups in total. The molecule has 1 rings (SSSR count). The number of carboxylic acids is 1. The molecule has 0 aliphatic heterocycles. The lowest BCUT2D eigenvalue weighted by atomic mass is 9.88. The van der Waals surface area contributed by atoms with Gasteiger partial charge in [0.25, 0.3) is 5.91 Å². The summed E-state index contributed by atoms with van der Waals surface area (Å²) in [5.41, 5.74) is -0.974. The summed E-state index contributed by atoms with van der Waals surface area (Å²) in [7, 11) is 0. The zero-order valence-corrected chi connectivity index (χ0v) is 11.5. The molecular weight excluding hydrogens is 248 g/mol. The topological polar surface area (TPSA) is 108 Å². The Kier molecular flexibility index (Phi) is 5.02. The molecule has 0 aliphatic carbocycles. The standard InChI is InChI=1S/C12H20N4O3/c1-4-6-8-14-9(16-15-8)10(17)13-7-12(3,5-2)11(18)19/h4-7H2,1-3H3,(H,13,17)(H,18,19)(H,14,15,16). The average Bonchev–Trinajstić information content (AvgIpc) is 2.84. The summed E-state index contributed by atoms with van der Waals surface area (Å²) in [5, 5.41) is 18.2. The van der Waals surface area contributed by atoms with Crippen molar-refractivity contribution in [2.75, 3.05) is 6.54 Å².